The molecule has 3 aromatic rings. The minimum Gasteiger partial charge on any atom is -0.425 e. The van der Waals surface area contributed by atoms with Gasteiger partial charge < -0.3 is 24.6 Å². The van der Waals surface area contributed by atoms with Crippen molar-refractivity contribution in [3.05, 3.63) is 70.6 Å². The number of ether oxygens (including phenoxy) is 1. The monoisotopic (exact) mass is 513 g/mol. The lowest BCUT2D eigenvalue weighted by atomic mass is 10.1. The molecule has 2 aromatic carbocycles. The molecule has 2 N–H and O–H groups in total. The van der Waals surface area contributed by atoms with Gasteiger partial charge in [-0.3, -0.25) is 9.59 Å². The van der Waals surface area contributed by atoms with E-state index in [2.05, 4.69) is 5.32 Å². The summed E-state index contributed by atoms with van der Waals surface area (Å²) in [4.78, 5) is 39.6. The minimum atomic E-state index is -1.06. The fourth-order valence-electron chi connectivity index (χ4n) is 5.00. The van der Waals surface area contributed by atoms with Crippen LogP contribution in [0.25, 0.3) is 10.9 Å². The second-order valence-electron chi connectivity index (χ2n) is 9.27. The fraction of sp³-hybridized carbons (Fsp3) is 0.346. The van der Waals surface area contributed by atoms with Gasteiger partial charge in [0.25, 0.3) is 0 Å². The van der Waals surface area contributed by atoms with E-state index >= 15 is 0 Å². The van der Waals surface area contributed by atoms with Crippen LogP contribution in [0.15, 0.2) is 48.7 Å². The first-order valence-electron chi connectivity index (χ1n) is 11.7. The molecule has 1 saturated heterocycles. The molecule has 0 unspecified atom stereocenters. The van der Waals surface area contributed by atoms with Crippen LogP contribution in [0.3, 0.4) is 0 Å². The highest BCUT2D eigenvalue weighted by Crippen LogP contribution is 2.50. The number of likely N-dealkylation sites (tertiary alicyclic amines) is 1. The van der Waals surface area contributed by atoms with Crippen LogP contribution in [0.1, 0.15) is 35.3 Å². The van der Waals surface area contributed by atoms with Crippen molar-refractivity contribution >= 4 is 40.3 Å². The maximum absolute atomic E-state index is 14.4. The number of aromatic nitrogens is 1. The van der Waals surface area contributed by atoms with Crippen LogP contribution in [0, 0.1) is 17.7 Å². The summed E-state index contributed by atoms with van der Waals surface area (Å²) in [5.41, 5.74) is 1.34. The largest absolute Gasteiger partial charge is 0.425 e. The number of nitrogens with zero attached hydrogens (tertiary/aromatic N) is 2. The lowest BCUT2D eigenvalue weighted by molar-refractivity contribution is -0.140. The molecule has 0 radical (unpaired) electrons. The Bertz CT molecular complexity index is 1360. The van der Waals surface area contributed by atoms with Crippen LogP contribution in [-0.4, -0.2) is 51.7 Å². The standard InChI is InChI=1S/C26H25ClFN3O5/c1-14(33)19-11-30(22-8-3-2-5-16(19)22)12-23(34)31-10-15-9-18(15)25(31)36-26(35)29-21(13-32)17-6-4-7-20(27)24(17)28/h2-8,11,15,18,21,25,32H,9-10,12-13H2,1H3,(H,29,35)/t15-,18-,21+,25-/m0/s1. The normalized spacial score (nSPS) is 21.2. The highest BCUT2D eigenvalue weighted by Gasteiger charge is 2.56. The van der Waals surface area contributed by atoms with Gasteiger partial charge in [-0.2, -0.15) is 0 Å². The van der Waals surface area contributed by atoms with E-state index in [1.165, 1.54) is 30.0 Å². The van der Waals surface area contributed by atoms with Crippen molar-refractivity contribution in [2.45, 2.75) is 32.2 Å². The Hall–Kier alpha value is -3.43. The molecule has 10 heteroatoms. The third-order valence-corrected chi connectivity index (χ3v) is 7.23. The molecule has 2 heterocycles. The number of carbonyl (C=O) groups is 3. The van der Waals surface area contributed by atoms with Gasteiger partial charge in [-0.05, 0) is 31.4 Å². The molecule has 2 aliphatic rings. The van der Waals surface area contributed by atoms with Gasteiger partial charge in [0.05, 0.1) is 17.7 Å². The molecule has 1 saturated carbocycles. The second kappa shape index (κ2) is 9.55. The quantitative estimate of drug-likeness (QED) is 0.467. The van der Waals surface area contributed by atoms with Gasteiger partial charge in [0.2, 0.25) is 5.91 Å². The summed E-state index contributed by atoms with van der Waals surface area (Å²) >= 11 is 5.82. The zero-order valence-electron chi connectivity index (χ0n) is 19.5. The maximum atomic E-state index is 14.4. The summed E-state index contributed by atoms with van der Waals surface area (Å²) in [7, 11) is 0. The summed E-state index contributed by atoms with van der Waals surface area (Å²) in [5, 5.41) is 12.9. The van der Waals surface area contributed by atoms with Gasteiger partial charge in [-0.15, -0.1) is 0 Å². The third kappa shape index (κ3) is 4.44. The number of carbonyl (C=O) groups excluding carboxylic acids is 3. The molecule has 1 aromatic heterocycles. The number of ketones is 1. The van der Waals surface area contributed by atoms with Crippen LogP contribution >= 0.6 is 11.6 Å². The van der Waals surface area contributed by atoms with Crippen molar-refractivity contribution in [2.75, 3.05) is 13.2 Å². The van der Waals surface area contributed by atoms with Gasteiger partial charge in [-0.25, -0.2) is 9.18 Å². The first kappa shape index (κ1) is 24.3. The molecule has 1 aliphatic carbocycles. The molecular weight excluding hydrogens is 489 g/mol. The number of aliphatic hydroxyl groups is 1. The minimum absolute atomic E-state index is 0.0122. The number of aliphatic hydroxyl groups excluding tert-OH is 1. The van der Waals surface area contributed by atoms with E-state index in [4.69, 9.17) is 16.3 Å². The molecule has 2 amide bonds. The van der Waals surface area contributed by atoms with E-state index in [0.717, 1.165) is 17.3 Å². The number of hydrogen-bond acceptors (Lipinski definition) is 5. The van der Waals surface area contributed by atoms with Crippen LogP contribution in [-0.2, 0) is 16.1 Å². The van der Waals surface area contributed by atoms with E-state index in [9.17, 15) is 23.9 Å². The van der Waals surface area contributed by atoms with Gasteiger partial charge in [0.15, 0.2) is 12.0 Å². The van der Waals surface area contributed by atoms with Crippen molar-refractivity contribution in [2.24, 2.45) is 11.8 Å². The smallest absolute Gasteiger partial charge is 0.409 e. The van der Waals surface area contributed by atoms with E-state index in [1.807, 2.05) is 24.3 Å². The number of halogens is 2. The van der Waals surface area contributed by atoms with E-state index in [-0.39, 0.29) is 40.7 Å². The topological polar surface area (TPSA) is 101 Å². The number of amides is 2. The Balaban J connectivity index is 1.30. The SMILES string of the molecule is CC(=O)c1cn(CC(=O)N2C[C@@H]3C[C@@H]3[C@@H]2OC(=O)N[C@H](CO)c2cccc(Cl)c2F)c2ccccc12. The average Bonchev–Trinajstić information content (AvgIpc) is 3.41. The van der Waals surface area contributed by atoms with Gasteiger partial charge in [-0.1, -0.05) is 41.9 Å². The Labute approximate surface area is 211 Å². The summed E-state index contributed by atoms with van der Waals surface area (Å²) in [6, 6.07) is 10.6. The molecular formula is C26H25ClFN3O5. The number of nitrogens with one attached hydrogen (secondary N) is 1. The van der Waals surface area contributed by atoms with E-state index in [0.29, 0.717) is 12.1 Å². The zero-order chi connectivity index (χ0) is 25.6. The number of hydrogen-bond donors (Lipinski definition) is 2. The summed E-state index contributed by atoms with van der Waals surface area (Å²) in [6.07, 6.45) is 0.888. The van der Waals surface area contributed by atoms with Crippen LogP contribution in [0.2, 0.25) is 5.02 Å². The number of benzene rings is 2. The van der Waals surface area contributed by atoms with Crippen molar-refractivity contribution in [1.82, 2.24) is 14.8 Å². The molecule has 4 atom stereocenters. The van der Waals surface area contributed by atoms with Crippen molar-refractivity contribution in [1.29, 1.82) is 0 Å². The van der Waals surface area contributed by atoms with E-state index < -0.39 is 30.8 Å². The summed E-state index contributed by atoms with van der Waals surface area (Å²) < 4.78 is 21.7. The summed E-state index contributed by atoms with van der Waals surface area (Å²) in [6.45, 7) is 1.37. The molecule has 188 valence electrons. The van der Waals surface area contributed by atoms with Crippen LogP contribution in [0.4, 0.5) is 9.18 Å². The molecule has 2 fully saturated rings. The zero-order valence-corrected chi connectivity index (χ0v) is 20.2. The Morgan fingerprint density at radius 1 is 1.22 bits per heavy atom. The number of alkyl carbamates (subject to hydrolysis) is 1. The first-order chi connectivity index (χ1) is 17.3. The number of rotatable bonds is 7. The number of para-hydroxylation sites is 1. The van der Waals surface area contributed by atoms with Gasteiger partial charge in [0, 0.05) is 40.7 Å². The van der Waals surface area contributed by atoms with Crippen LogP contribution < -0.4 is 5.32 Å². The molecule has 1 aliphatic heterocycles. The number of Topliss-reactive ketones (excluding diaryl/α,β-unsaturated/α-hetero) is 1. The van der Waals surface area contributed by atoms with E-state index in [1.54, 1.807) is 10.8 Å². The van der Waals surface area contributed by atoms with Crippen molar-refractivity contribution in [3.8, 4) is 0 Å². The highest BCUT2D eigenvalue weighted by molar-refractivity contribution is 6.30. The van der Waals surface area contributed by atoms with Gasteiger partial charge >= 0.3 is 6.09 Å². The lowest BCUT2D eigenvalue weighted by Crippen LogP contribution is -2.45. The average molecular weight is 514 g/mol. The predicted molar refractivity (Wildman–Crippen MR) is 130 cm³/mol. The predicted octanol–water partition coefficient (Wildman–Crippen LogP) is 3.90. The second-order valence-corrected chi connectivity index (χ2v) is 9.68. The Kier molecular flexibility index (Phi) is 6.44. The third-order valence-electron chi connectivity index (χ3n) is 6.94. The molecule has 5 rings (SSSR count). The van der Waals surface area contributed by atoms with Crippen molar-refractivity contribution in [3.63, 3.8) is 0 Å². The van der Waals surface area contributed by atoms with Gasteiger partial charge in [0.1, 0.15) is 12.4 Å². The highest BCUT2D eigenvalue weighted by atomic mass is 35.5. The maximum Gasteiger partial charge on any atom is 0.409 e. The lowest BCUT2D eigenvalue weighted by Gasteiger charge is -2.28. The molecule has 0 bridgehead atoms. The molecule has 0 spiro atoms. The fourth-order valence-corrected chi connectivity index (χ4v) is 5.19. The Morgan fingerprint density at radius 2 is 2.00 bits per heavy atom. The summed E-state index contributed by atoms with van der Waals surface area (Å²) in [5.74, 6) is -0.783. The Morgan fingerprint density at radius 3 is 2.75 bits per heavy atom. The first-order valence-corrected chi connectivity index (χ1v) is 12.1. The number of piperidine rings is 1. The van der Waals surface area contributed by atoms with Crippen molar-refractivity contribution < 1.29 is 28.6 Å². The molecule has 36 heavy (non-hydrogen) atoms. The van der Waals surface area contributed by atoms with Crippen LogP contribution in [0.5, 0.6) is 0 Å². The number of fused-ring (bicyclic) bond motifs is 2. The molecule has 8 nitrogen and oxygen atoms in total.